The lowest BCUT2D eigenvalue weighted by molar-refractivity contribution is 0.0726. The molecule has 2 aromatic carbocycles. The standard InChI is InChI=1S/C25H27N3O2/c1-2-30-21-14-12-19(13-15-21)23-9-6-16-27(23)25(29)24-17-22(18-10-11-18)26-28(24)20-7-4-3-5-8-20/h3-5,7-8,12-15,17-18,23H,2,6,9-11,16H2,1H3/t23-/m1/s1. The maximum atomic E-state index is 13.7. The highest BCUT2D eigenvalue weighted by Crippen LogP contribution is 2.40. The second-order valence-electron chi connectivity index (χ2n) is 8.13. The largest absolute Gasteiger partial charge is 0.494 e. The van der Waals surface area contributed by atoms with Crippen molar-refractivity contribution in [2.75, 3.05) is 13.2 Å². The molecular formula is C25H27N3O2. The molecule has 1 saturated heterocycles. The number of benzene rings is 2. The van der Waals surface area contributed by atoms with Crippen molar-refractivity contribution >= 4 is 5.91 Å². The Balaban J connectivity index is 1.46. The van der Waals surface area contributed by atoms with Gasteiger partial charge in [-0.25, -0.2) is 4.68 Å². The Morgan fingerprint density at radius 1 is 1.07 bits per heavy atom. The summed E-state index contributed by atoms with van der Waals surface area (Å²) in [4.78, 5) is 15.7. The van der Waals surface area contributed by atoms with Crippen LogP contribution in [0.25, 0.3) is 5.69 Å². The van der Waals surface area contributed by atoms with Crippen LogP contribution >= 0.6 is 0 Å². The number of hydrogen-bond donors (Lipinski definition) is 0. The molecule has 1 aromatic heterocycles. The molecule has 1 amide bonds. The van der Waals surface area contributed by atoms with Crippen LogP contribution in [-0.4, -0.2) is 33.7 Å². The van der Waals surface area contributed by atoms with Crippen LogP contribution in [0.15, 0.2) is 60.7 Å². The van der Waals surface area contributed by atoms with Gasteiger partial charge in [0.2, 0.25) is 0 Å². The molecule has 5 rings (SSSR count). The predicted octanol–water partition coefficient (Wildman–Crippen LogP) is 5.13. The summed E-state index contributed by atoms with van der Waals surface area (Å²) in [6.45, 7) is 3.41. The van der Waals surface area contributed by atoms with Gasteiger partial charge in [0.15, 0.2) is 0 Å². The molecule has 2 heterocycles. The molecule has 30 heavy (non-hydrogen) atoms. The van der Waals surface area contributed by atoms with E-state index in [0.717, 1.165) is 54.9 Å². The molecule has 2 aliphatic rings. The number of rotatable bonds is 6. The number of ether oxygens (including phenoxy) is 1. The van der Waals surface area contributed by atoms with Gasteiger partial charge in [-0.15, -0.1) is 0 Å². The molecule has 0 N–H and O–H groups in total. The molecular weight excluding hydrogens is 374 g/mol. The number of aromatic nitrogens is 2. The zero-order valence-corrected chi connectivity index (χ0v) is 17.3. The van der Waals surface area contributed by atoms with E-state index in [1.807, 2.05) is 65.0 Å². The van der Waals surface area contributed by atoms with Gasteiger partial charge in [0.25, 0.3) is 5.91 Å². The van der Waals surface area contributed by atoms with Gasteiger partial charge in [0, 0.05) is 12.5 Å². The fourth-order valence-electron chi connectivity index (χ4n) is 4.35. The first-order chi connectivity index (χ1) is 14.7. The molecule has 3 aromatic rings. The minimum absolute atomic E-state index is 0.0645. The molecule has 1 aliphatic heterocycles. The third-order valence-corrected chi connectivity index (χ3v) is 6.03. The lowest BCUT2D eigenvalue weighted by atomic mass is 10.0. The van der Waals surface area contributed by atoms with Gasteiger partial charge in [-0.05, 0) is 68.5 Å². The summed E-state index contributed by atoms with van der Waals surface area (Å²) in [5, 5.41) is 4.82. The van der Waals surface area contributed by atoms with Gasteiger partial charge in [-0.3, -0.25) is 4.79 Å². The van der Waals surface area contributed by atoms with E-state index in [-0.39, 0.29) is 11.9 Å². The van der Waals surface area contributed by atoms with Crippen LogP contribution in [-0.2, 0) is 0 Å². The van der Waals surface area contributed by atoms with Crippen molar-refractivity contribution in [1.29, 1.82) is 0 Å². The Hall–Kier alpha value is -3.08. The topological polar surface area (TPSA) is 47.4 Å². The van der Waals surface area contributed by atoms with Gasteiger partial charge < -0.3 is 9.64 Å². The molecule has 1 atom stereocenters. The maximum absolute atomic E-state index is 13.7. The van der Waals surface area contributed by atoms with E-state index in [2.05, 4.69) is 12.1 Å². The summed E-state index contributed by atoms with van der Waals surface area (Å²) in [5.41, 5.74) is 3.81. The van der Waals surface area contributed by atoms with Crippen LogP contribution in [0.1, 0.15) is 66.3 Å². The zero-order chi connectivity index (χ0) is 20.5. The Bertz CT molecular complexity index is 1020. The van der Waals surface area contributed by atoms with E-state index in [9.17, 15) is 4.79 Å². The van der Waals surface area contributed by atoms with Gasteiger partial charge >= 0.3 is 0 Å². The average Bonchev–Trinajstić information content (AvgIpc) is 3.35. The predicted molar refractivity (Wildman–Crippen MR) is 116 cm³/mol. The van der Waals surface area contributed by atoms with Crippen molar-refractivity contribution in [1.82, 2.24) is 14.7 Å². The number of carbonyl (C=O) groups excluding carboxylic acids is 1. The summed E-state index contributed by atoms with van der Waals surface area (Å²) in [7, 11) is 0. The smallest absolute Gasteiger partial charge is 0.273 e. The number of hydrogen-bond acceptors (Lipinski definition) is 3. The van der Waals surface area contributed by atoms with E-state index in [1.165, 1.54) is 0 Å². The first-order valence-corrected chi connectivity index (χ1v) is 10.9. The van der Waals surface area contributed by atoms with Crippen molar-refractivity contribution in [3.8, 4) is 11.4 Å². The average molecular weight is 402 g/mol. The van der Waals surface area contributed by atoms with E-state index in [0.29, 0.717) is 18.2 Å². The van der Waals surface area contributed by atoms with E-state index in [4.69, 9.17) is 9.84 Å². The normalized spacial score (nSPS) is 18.6. The molecule has 154 valence electrons. The van der Waals surface area contributed by atoms with Gasteiger partial charge in [-0.2, -0.15) is 5.10 Å². The SMILES string of the molecule is CCOc1ccc([C@H]2CCCN2C(=O)c2cc(C3CC3)nn2-c2ccccc2)cc1. The summed E-state index contributed by atoms with van der Waals surface area (Å²) in [5.74, 6) is 1.44. The van der Waals surface area contributed by atoms with Gasteiger partial charge in [-0.1, -0.05) is 30.3 Å². The molecule has 0 spiro atoms. The van der Waals surface area contributed by atoms with Crippen molar-refractivity contribution in [3.63, 3.8) is 0 Å². The minimum atomic E-state index is 0.0645. The first-order valence-electron chi connectivity index (χ1n) is 10.9. The van der Waals surface area contributed by atoms with Gasteiger partial charge in [0.1, 0.15) is 11.4 Å². The van der Waals surface area contributed by atoms with Crippen LogP contribution < -0.4 is 4.74 Å². The molecule has 5 nitrogen and oxygen atoms in total. The van der Waals surface area contributed by atoms with Crippen molar-refractivity contribution in [2.45, 2.75) is 44.6 Å². The Morgan fingerprint density at radius 2 is 1.83 bits per heavy atom. The number of amides is 1. The molecule has 0 bridgehead atoms. The number of nitrogens with zero attached hydrogens (tertiary/aromatic N) is 3. The monoisotopic (exact) mass is 401 g/mol. The second kappa shape index (κ2) is 7.98. The van der Waals surface area contributed by atoms with Crippen LogP contribution in [0.4, 0.5) is 0 Å². The molecule has 0 radical (unpaired) electrons. The first kappa shape index (κ1) is 18.9. The lowest BCUT2D eigenvalue weighted by Crippen LogP contribution is -2.32. The molecule has 0 unspecified atom stereocenters. The number of carbonyl (C=O) groups is 1. The Labute approximate surface area is 177 Å². The quantitative estimate of drug-likeness (QED) is 0.576. The summed E-state index contributed by atoms with van der Waals surface area (Å²) in [6, 6.07) is 20.3. The Morgan fingerprint density at radius 3 is 2.53 bits per heavy atom. The van der Waals surface area contributed by atoms with Crippen molar-refractivity contribution in [2.24, 2.45) is 0 Å². The minimum Gasteiger partial charge on any atom is -0.494 e. The van der Waals surface area contributed by atoms with Gasteiger partial charge in [0.05, 0.1) is 24.0 Å². The summed E-state index contributed by atoms with van der Waals surface area (Å²) < 4.78 is 7.41. The van der Waals surface area contributed by atoms with Crippen LogP contribution in [0.3, 0.4) is 0 Å². The summed E-state index contributed by atoms with van der Waals surface area (Å²) in [6.07, 6.45) is 4.32. The second-order valence-corrected chi connectivity index (χ2v) is 8.13. The fourth-order valence-corrected chi connectivity index (χ4v) is 4.35. The van der Waals surface area contributed by atoms with Crippen LogP contribution in [0.2, 0.25) is 0 Å². The van der Waals surface area contributed by atoms with E-state index < -0.39 is 0 Å². The van der Waals surface area contributed by atoms with Crippen LogP contribution in [0, 0.1) is 0 Å². The van der Waals surface area contributed by atoms with Crippen molar-refractivity contribution < 1.29 is 9.53 Å². The highest BCUT2D eigenvalue weighted by atomic mass is 16.5. The van der Waals surface area contributed by atoms with E-state index in [1.54, 1.807) is 0 Å². The molecule has 5 heteroatoms. The lowest BCUT2D eigenvalue weighted by Gasteiger charge is -2.25. The van der Waals surface area contributed by atoms with E-state index >= 15 is 0 Å². The third-order valence-electron chi connectivity index (χ3n) is 6.03. The maximum Gasteiger partial charge on any atom is 0.273 e. The highest BCUT2D eigenvalue weighted by molar-refractivity contribution is 5.94. The third kappa shape index (κ3) is 3.60. The van der Waals surface area contributed by atoms with Crippen molar-refractivity contribution in [3.05, 3.63) is 77.6 Å². The molecule has 1 aliphatic carbocycles. The molecule has 1 saturated carbocycles. The number of likely N-dealkylation sites (tertiary alicyclic amines) is 1. The molecule has 2 fully saturated rings. The zero-order valence-electron chi connectivity index (χ0n) is 17.3. The Kier molecular flexibility index (Phi) is 5.03. The van der Waals surface area contributed by atoms with Crippen LogP contribution in [0.5, 0.6) is 5.75 Å². The number of para-hydroxylation sites is 1. The fraction of sp³-hybridized carbons (Fsp3) is 0.360. The highest BCUT2D eigenvalue weighted by Gasteiger charge is 2.34. The summed E-state index contributed by atoms with van der Waals surface area (Å²) >= 11 is 0.